The molecule has 0 aromatic heterocycles. The average Bonchev–Trinajstić information content (AvgIpc) is 2.86. The molecule has 1 fully saturated rings. The van der Waals surface area contributed by atoms with Crippen LogP contribution < -0.4 is 19.7 Å². The number of carbonyl (C=O) groups excluding carboxylic acids is 2. The number of thiocarbonyl (C=S) groups is 1. The minimum atomic E-state index is -0.586. The van der Waals surface area contributed by atoms with Crippen molar-refractivity contribution in [2.75, 3.05) is 11.5 Å². The molecule has 0 radical (unpaired) electrons. The number of amides is 2. The lowest BCUT2D eigenvalue weighted by Gasteiger charge is -2.29. The van der Waals surface area contributed by atoms with Gasteiger partial charge in [-0.3, -0.25) is 19.8 Å². The van der Waals surface area contributed by atoms with Gasteiger partial charge in [0, 0.05) is 0 Å². The normalized spacial score (nSPS) is 14.6. The van der Waals surface area contributed by atoms with Gasteiger partial charge in [-0.1, -0.05) is 31.2 Å². The van der Waals surface area contributed by atoms with Crippen LogP contribution in [0.15, 0.2) is 70.7 Å². The molecule has 0 saturated carbocycles. The van der Waals surface area contributed by atoms with E-state index >= 15 is 0 Å². The van der Waals surface area contributed by atoms with Gasteiger partial charge in [0.25, 0.3) is 11.8 Å². The van der Waals surface area contributed by atoms with Crippen LogP contribution in [0.25, 0.3) is 6.08 Å². The Bertz CT molecular complexity index is 1390. The largest absolute Gasteiger partial charge is 0.490 e. The van der Waals surface area contributed by atoms with E-state index in [0.29, 0.717) is 39.4 Å². The Morgan fingerprint density at radius 1 is 1.03 bits per heavy atom. The van der Waals surface area contributed by atoms with Crippen LogP contribution in [-0.4, -0.2) is 23.5 Å². The standard InChI is InChI=1S/C28H24BrFN2O4S/c1-3-17-8-10-21(11-9-17)32-27(34)22(26(33)31-28(32)37)13-19-14-23(29)25(24(15-19)35-4-2)36-16-18-6-5-7-20(30)12-18/h5-15H,3-4,16H2,1-2H3,(H,31,33,37)/b22-13+. The zero-order valence-electron chi connectivity index (χ0n) is 20.2. The molecule has 0 atom stereocenters. The fraction of sp³-hybridized carbons (Fsp3) is 0.179. The zero-order valence-corrected chi connectivity index (χ0v) is 22.6. The van der Waals surface area contributed by atoms with Gasteiger partial charge in [-0.25, -0.2) is 4.39 Å². The molecule has 2 amide bonds. The highest BCUT2D eigenvalue weighted by atomic mass is 79.9. The number of anilines is 1. The van der Waals surface area contributed by atoms with Crippen LogP contribution in [0.4, 0.5) is 10.1 Å². The van der Waals surface area contributed by atoms with Crippen molar-refractivity contribution in [1.29, 1.82) is 0 Å². The summed E-state index contributed by atoms with van der Waals surface area (Å²) in [6, 6.07) is 16.9. The van der Waals surface area contributed by atoms with Crippen molar-refractivity contribution in [2.24, 2.45) is 0 Å². The highest BCUT2D eigenvalue weighted by Crippen LogP contribution is 2.38. The molecule has 1 aliphatic rings. The first kappa shape index (κ1) is 26.5. The molecular formula is C28H24BrFN2O4S. The molecule has 37 heavy (non-hydrogen) atoms. The maximum Gasteiger partial charge on any atom is 0.270 e. The summed E-state index contributed by atoms with van der Waals surface area (Å²) in [5.41, 5.74) is 2.81. The fourth-order valence-electron chi connectivity index (χ4n) is 3.80. The second-order valence-corrected chi connectivity index (χ2v) is 9.40. The number of nitrogens with zero attached hydrogens (tertiary/aromatic N) is 1. The maximum atomic E-state index is 13.5. The molecule has 0 bridgehead atoms. The number of halogens is 2. The topological polar surface area (TPSA) is 67.9 Å². The molecular weight excluding hydrogens is 559 g/mol. The first-order valence-electron chi connectivity index (χ1n) is 11.6. The van der Waals surface area contributed by atoms with Crippen LogP contribution in [0, 0.1) is 5.82 Å². The summed E-state index contributed by atoms with van der Waals surface area (Å²) in [5, 5.41) is 2.62. The summed E-state index contributed by atoms with van der Waals surface area (Å²) in [6.07, 6.45) is 2.34. The minimum absolute atomic E-state index is 0.0219. The van der Waals surface area contributed by atoms with E-state index < -0.39 is 11.8 Å². The summed E-state index contributed by atoms with van der Waals surface area (Å²) in [6.45, 7) is 4.36. The van der Waals surface area contributed by atoms with Crippen molar-refractivity contribution in [3.05, 3.63) is 93.2 Å². The van der Waals surface area contributed by atoms with E-state index in [0.717, 1.165) is 12.0 Å². The predicted octanol–water partition coefficient (Wildman–Crippen LogP) is 5.96. The monoisotopic (exact) mass is 582 g/mol. The minimum Gasteiger partial charge on any atom is -0.490 e. The molecule has 1 heterocycles. The van der Waals surface area contributed by atoms with Crippen molar-refractivity contribution in [2.45, 2.75) is 26.9 Å². The highest BCUT2D eigenvalue weighted by molar-refractivity contribution is 9.10. The third-order valence-corrected chi connectivity index (χ3v) is 6.49. The number of carbonyl (C=O) groups is 2. The Morgan fingerprint density at radius 2 is 1.78 bits per heavy atom. The molecule has 0 spiro atoms. The van der Waals surface area contributed by atoms with Crippen molar-refractivity contribution in [1.82, 2.24) is 5.32 Å². The number of hydrogen-bond acceptors (Lipinski definition) is 5. The molecule has 3 aromatic carbocycles. The van der Waals surface area contributed by atoms with Gasteiger partial charge >= 0.3 is 0 Å². The summed E-state index contributed by atoms with van der Waals surface area (Å²) in [7, 11) is 0. The van der Waals surface area contributed by atoms with Crippen molar-refractivity contribution < 1.29 is 23.5 Å². The summed E-state index contributed by atoms with van der Waals surface area (Å²) in [4.78, 5) is 27.4. The summed E-state index contributed by atoms with van der Waals surface area (Å²) in [5.74, 6) is -0.634. The Morgan fingerprint density at radius 3 is 2.46 bits per heavy atom. The van der Waals surface area contributed by atoms with E-state index in [-0.39, 0.29) is 23.1 Å². The van der Waals surface area contributed by atoms with Gasteiger partial charge in [-0.15, -0.1) is 0 Å². The first-order chi connectivity index (χ1) is 17.8. The van der Waals surface area contributed by atoms with E-state index in [4.69, 9.17) is 21.7 Å². The third-order valence-electron chi connectivity index (χ3n) is 5.62. The second-order valence-electron chi connectivity index (χ2n) is 8.16. The number of ether oxygens (including phenoxy) is 2. The number of aryl methyl sites for hydroxylation is 1. The molecule has 1 N–H and O–H groups in total. The number of nitrogens with one attached hydrogen (secondary N) is 1. The molecule has 3 aromatic rings. The van der Waals surface area contributed by atoms with Gasteiger partial charge in [0.2, 0.25) is 0 Å². The molecule has 0 aliphatic carbocycles. The SMILES string of the molecule is CCOc1cc(/C=C2\C(=O)NC(=S)N(c3ccc(CC)cc3)C2=O)cc(Br)c1OCc1cccc(F)c1. The second kappa shape index (κ2) is 11.7. The Hall–Kier alpha value is -3.56. The van der Waals surface area contributed by atoms with Crippen LogP contribution in [0.5, 0.6) is 11.5 Å². The zero-order chi connectivity index (χ0) is 26.5. The Balaban J connectivity index is 1.65. The van der Waals surface area contributed by atoms with Crippen molar-refractivity contribution in [3.8, 4) is 11.5 Å². The summed E-state index contributed by atoms with van der Waals surface area (Å²) >= 11 is 8.79. The van der Waals surface area contributed by atoms with Gasteiger partial charge in [-0.05, 0) is 101 Å². The molecule has 0 unspecified atom stereocenters. The molecule has 6 nitrogen and oxygen atoms in total. The van der Waals surface area contributed by atoms with Crippen LogP contribution in [-0.2, 0) is 22.6 Å². The molecule has 9 heteroatoms. The van der Waals surface area contributed by atoms with Crippen LogP contribution in [0.2, 0.25) is 0 Å². The molecule has 1 saturated heterocycles. The van der Waals surface area contributed by atoms with Crippen molar-refractivity contribution >= 4 is 56.8 Å². The fourth-order valence-corrected chi connectivity index (χ4v) is 4.65. The third kappa shape index (κ3) is 6.06. The number of benzene rings is 3. The Labute approximate surface area is 228 Å². The van der Waals surface area contributed by atoms with E-state index in [1.807, 2.05) is 26.0 Å². The van der Waals surface area contributed by atoms with E-state index in [1.165, 1.54) is 23.1 Å². The van der Waals surface area contributed by atoms with Gasteiger partial charge in [0.15, 0.2) is 16.6 Å². The summed E-state index contributed by atoms with van der Waals surface area (Å²) < 4.78 is 25.8. The van der Waals surface area contributed by atoms with Gasteiger partial charge in [0.05, 0.1) is 16.8 Å². The van der Waals surface area contributed by atoms with Crippen LogP contribution in [0.3, 0.4) is 0 Å². The lowest BCUT2D eigenvalue weighted by atomic mass is 10.1. The van der Waals surface area contributed by atoms with E-state index in [9.17, 15) is 14.0 Å². The van der Waals surface area contributed by atoms with Crippen LogP contribution >= 0.6 is 28.1 Å². The van der Waals surface area contributed by atoms with Gasteiger partial charge in [0.1, 0.15) is 18.0 Å². The number of hydrogen-bond donors (Lipinski definition) is 1. The quantitative estimate of drug-likeness (QED) is 0.202. The van der Waals surface area contributed by atoms with Crippen LogP contribution in [0.1, 0.15) is 30.5 Å². The molecule has 4 rings (SSSR count). The molecule has 190 valence electrons. The lowest BCUT2D eigenvalue weighted by molar-refractivity contribution is -0.122. The highest BCUT2D eigenvalue weighted by Gasteiger charge is 2.34. The Kier molecular flexibility index (Phi) is 8.35. The lowest BCUT2D eigenvalue weighted by Crippen LogP contribution is -2.54. The van der Waals surface area contributed by atoms with Gasteiger partial charge < -0.3 is 9.47 Å². The first-order valence-corrected chi connectivity index (χ1v) is 12.8. The molecule has 1 aliphatic heterocycles. The van der Waals surface area contributed by atoms with E-state index in [1.54, 1.807) is 36.4 Å². The van der Waals surface area contributed by atoms with Crippen molar-refractivity contribution in [3.63, 3.8) is 0 Å². The maximum absolute atomic E-state index is 13.5. The smallest absolute Gasteiger partial charge is 0.270 e. The predicted molar refractivity (Wildman–Crippen MR) is 148 cm³/mol. The average molecular weight is 583 g/mol. The van der Waals surface area contributed by atoms with E-state index in [2.05, 4.69) is 21.2 Å². The number of rotatable bonds is 8. The van der Waals surface area contributed by atoms with Gasteiger partial charge in [-0.2, -0.15) is 0 Å².